The molecule has 0 aromatic heterocycles. The van der Waals surface area contributed by atoms with Crippen molar-refractivity contribution in [3.63, 3.8) is 0 Å². The highest BCUT2D eigenvalue weighted by molar-refractivity contribution is 6.06. The Morgan fingerprint density at radius 2 is 1.62 bits per heavy atom. The quantitative estimate of drug-likeness (QED) is 0.570. The maximum absolute atomic E-state index is 11.4. The van der Waals surface area contributed by atoms with E-state index in [0.717, 1.165) is 0 Å². The van der Waals surface area contributed by atoms with Gasteiger partial charge in [-0.25, -0.2) is 0 Å². The lowest BCUT2D eigenvalue weighted by Gasteiger charge is -2.31. The van der Waals surface area contributed by atoms with E-state index in [2.05, 4.69) is 13.2 Å². The molecule has 0 N–H and O–H groups in total. The van der Waals surface area contributed by atoms with E-state index in [-0.39, 0.29) is 18.0 Å². The van der Waals surface area contributed by atoms with Crippen LogP contribution in [0, 0.1) is 5.92 Å². The molecule has 2 aliphatic rings. The van der Waals surface area contributed by atoms with Gasteiger partial charge in [0.05, 0.1) is 0 Å². The lowest BCUT2D eigenvalue weighted by atomic mass is 10.1. The molecule has 0 atom stereocenters. The lowest BCUT2D eigenvalue weighted by Crippen LogP contribution is -2.47. The predicted octanol–water partition coefficient (Wildman–Crippen LogP) is 0.290. The van der Waals surface area contributed by atoms with Gasteiger partial charge < -0.3 is 0 Å². The molecule has 0 spiro atoms. The summed E-state index contributed by atoms with van der Waals surface area (Å²) in [6, 6.07) is 0. The van der Waals surface area contributed by atoms with Crippen LogP contribution >= 0.6 is 0 Å². The van der Waals surface area contributed by atoms with E-state index in [1.165, 1.54) is 22.2 Å². The van der Waals surface area contributed by atoms with Gasteiger partial charge in [-0.2, -0.15) is 0 Å². The normalized spacial score (nSPS) is 31.4. The van der Waals surface area contributed by atoms with Gasteiger partial charge in [-0.05, 0) is 0 Å². The second-order valence-corrected chi connectivity index (χ2v) is 3.13. The van der Waals surface area contributed by atoms with E-state index in [1.807, 2.05) is 0 Å². The molecule has 2 aliphatic heterocycles. The van der Waals surface area contributed by atoms with Crippen LogP contribution in [0.25, 0.3) is 0 Å². The average molecular weight is 178 g/mol. The molecule has 4 nitrogen and oxygen atoms in total. The molecule has 2 amide bonds. The summed E-state index contributed by atoms with van der Waals surface area (Å²) in [6.45, 7) is 7.08. The van der Waals surface area contributed by atoms with Crippen LogP contribution < -0.4 is 0 Å². The highest BCUT2D eigenvalue weighted by atomic mass is 16.2. The van der Waals surface area contributed by atoms with Crippen LogP contribution in [0.4, 0.5) is 0 Å². The summed E-state index contributed by atoms with van der Waals surface area (Å²) in [5, 5.41) is 0. The largest absolute Gasteiger partial charge is 0.297 e. The van der Waals surface area contributed by atoms with Crippen LogP contribution in [0.3, 0.4) is 0 Å². The fourth-order valence-corrected chi connectivity index (χ4v) is 1.96. The average Bonchev–Trinajstić information content (AvgIpc) is 2.59. The van der Waals surface area contributed by atoms with E-state index in [1.54, 1.807) is 0 Å². The molecule has 0 unspecified atom stereocenters. The summed E-state index contributed by atoms with van der Waals surface area (Å²) < 4.78 is 0. The Morgan fingerprint density at radius 3 is 1.92 bits per heavy atom. The first kappa shape index (κ1) is 8.04. The van der Waals surface area contributed by atoms with Gasteiger partial charge in [0.15, 0.2) is 0 Å². The van der Waals surface area contributed by atoms with Gasteiger partial charge in [-0.3, -0.25) is 19.4 Å². The third-order valence-corrected chi connectivity index (χ3v) is 2.59. The topological polar surface area (TPSA) is 40.6 Å². The predicted molar refractivity (Wildman–Crippen MR) is 46.0 cm³/mol. The smallest absolute Gasteiger partial charge is 0.240 e. The first-order chi connectivity index (χ1) is 6.20. The number of rotatable bonds is 2. The number of amides is 2. The summed E-state index contributed by atoms with van der Waals surface area (Å²) in [4.78, 5) is 25.9. The molecule has 2 heterocycles. The molecule has 0 radical (unpaired) electrons. The van der Waals surface area contributed by atoms with Gasteiger partial charge in [0.1, 0.15) is 12.1 Å². The Labute approximate surface area is 76.1 Å². The Bertz CT molecular complexity index is 275. The summed E-state index contributed by atoms with van der Waals surface area (Å²) in [5.41, 5.74) is 0. The standard InChI is InChI=1S/C9H10N2O2/c1-3-10-7-5-6(8(10)12)9(13)11(7)4-2/h3-4,6-7H,1-2,5H2. The highest BCUT2D eigenvalue weighted by Gasteiger charge is 2.53. The van der Waals surface area contributed by atoms with E-state index in [0.29, 0.717) is 6.42 Å². The minimum Gasteiger partial charge on any atom is -0.297 e. The lowest BCUT2D eigenvalue weighted by molar-refractivity contribution is -0.146. The summed E-state index contributed by atoms with van der Waals surface area (Å²) in [7, 11) is 0. The van der Waals surface area contributed by atoms with Gasteiger partial charge in [-0.15, -0.1) is 0 Å². The number of hydrogen-bond acceptors (Lipinski definition) is 2. The van der Waals surface area contributed by atoms with Crippen molar-refractivity contribution >= 4 is 11.8 Å². The fourth-order valence-electron chi connectivity index (χ4n) is 1.96. The number of carbonyl (C=O) groups is 2. The second-order valence-electron chi connectivity index (χ2n) is 3.13. The van der Waals surface area contributed by atoms with Crippen LogP contribution in [0.5, 0.6) is 0 Å². The number of hydrogen-bond donors (Lipinski definition) is 0. The highest BCUT2D eigenvalue weighted by Crippen LogP contribution is 2.36. The molecule has 68 valence electrons. The van der Waals surface area contributed by atoms with E-state index in [9.17, 15) is 9.59 Å². The van der Waals surface area contributed by atoms with Crippen LogP contribution in [-0.4, -0.2) is 27.8 Å². The van der Waals surface area contributed by atoms with E-state index >= 15 is 0 Å². The number of fused-ring (bicyclic) bond motifs is 2. The monoisotopic (exact) mass is 178 g/mol. The zero-order chi connectivity index (χ0) is 9.59. The molecule has 4 heteroatoms. The fraction of sp³-hybridized carbons (Fsp3) is 0.333. The molecule has 0 aromatic carbocycles. The van der Waals surface area contributed by atoms with Crippen molar-refractivity contribution in [3.05, 3.63) is 25.6 Å². The minimum atomic E-state index is -0.499. The van der Waals surface area contributed by atoms with Crippen molar-refractivity contribution in [2.24, 2.45) is 5.92 Å². The zero-order valence-electron chi connectivity index (χ0n) is 7.14. The molecule has 2 rings (SSSR count). The van der Waals surface area contributed by atoms with Crippen LogP contribution in [0.2, 0.25) is 0 Å². The maximum atomic E-state index is 11.4. The van der Waals surface area contributed by atoms with Gasteiger partial charge in [-0.1, -0.05) is 13.2 Å². The van der Waals surface area contributed by atoms with Crippen molar-refractivity contribution in [3.8, 4) is 0 Å². The molecule has 2 saturated heterocycles. The molecule has 2 bridgehead atoms. The number of likely N-dealkylation sites (tertiary alicyclic amines) is 2. The van der Waals surface area contributed by atoms with Crippen LogP contribution in [-0.2, 0) is 9.59 Å². The van der Waals surface area contributed by atoms with Gasteiger partial charge >= 0.3 is 0 Å². The van der Waals surface area contributed by atoms with Crippen molar-refractivity contribution in [2.75, 3.05) is 0 Å². The third kappa shape index (κ3) is 0.798. The summed E-state index contributed by atoms with van der Waals surface area (Å²) in [5.74, 6) is -0.771. The SMILES string of the molecule is C=CN1C(=O)C2CC1N(C=C)C2=O. The van der Waals surface area contributed by atoms with Crippen LogP contribution in [0.1, 0.15) is 6.42 Å². The van der Waals surface area contributed by atoms with Gasteiger partial charge in [0.25, 0.3) is 0 Å². The minimum absolute atomic E-state index is 0.136. The van der Waals surface area contributed by atoms with Crippen molar-refractivity contribution < 1.29 is 9.59 Å². The second kappa shape index (κ2) is 2.45. The summed E-state index contributed by atoms with van der Waals surface area (Å²) >= 11 is 0. The van der Waals surface area contributed by atoms with Crippen molar-refractivity contribution in [2.45, 2.75) is 12.6 Å². The molecular formula is C9H10N2O2. The van der Waals surface area contributed by atoms with E-state index < -0.39 is 5.92 Å². The van der Waals surface area contributed by atoms with Crippen molar-refractivity contribution in [1.29, 1.82) is 0 Å². The number of nitrogens with zero attached hydrogens (tertiary/aromatic N) is 2. The first-order valence-corrected chi connectivity index (χ1v) is 4.10. The molecule has 2 fully saturated rings. The van der Waals surface area contributed by atoms with E-state index in [4.69, 9.17) is 0 Å². The van der Waals surface area contributed by atoms with Gasteiger partial charge in [0.2, 0.25) is 11.8 Å². The molecular weight excluding hydrogens is 168 g/mol. The van der Waals surface area contributed by atoms with Crippen molar-refractivity contribution in [1.82, 2.24) is 9.80 Å². The maximum Gasteiger partial charge on any atom is 0.240 e. The Balaban J connectivity index is 2.36. The summed E-state index contributed by atoms with van der Waals surface area (Å²) in [6.07, 6.45) is 3.32. The third-order valence-electron chi connectivity index (χ3n) is 2.59. The van der Waals surface area contributed by atoms with Crippen LogP contribution in [0.15, 0.2) is 25.6 Å². The molecule has 0 saturated carbocycles. The Kier molecular flexibility index (Phi) is 1.52. The molecule has 0 aliphatic carbocycles. The molecule has 13 heavy (non-hydrogen) atoms. The first-order valence-electron chi connectivity index (χ1n) is 4.10. The Hall–Kier alpha value is -1.58. The zero-order valence-corrected chi connectivity index (χ0v) is 7.14. The Morgan fingerprint density at radius 1 is 1.15 bits per heavy atom. The molecule has 0 aromatic rings. The van der Waals surface area contributed by atoms with Gasteiger partial charge in [0, 0.05) is 18.8 Å². The number of carbonyl (C=O) groups excluding carboxylic acids is 2.